The number of nitrogens with zero attached hydrogens (tertiary/aromatic N) is 1. The molecule has 0 spiro atoms. The van der Waals surface area contributed by atoms with Crippen molar-refractivity contribution < 1.29 is 0 Å². The van der Waals surface area contributed by atoms with Crippen LogP contribution in [0.3, 0.4) is 0 Å². The van der Waals surface area contributed by atoms with Crippen LogP contribution in [0.25, 0.3) is 10.8 Å². The molecule has 1 saturated carbocycles. The maximum absolute atomic E-state index is 4.64. The molecule has 0 radical (unpaired) electrons. The van der Waals surface area contributed by atoms with Crippen molar-refractivity contribution in [3.05, 3.63) is 40.6 Å². The first-order valence-electron chi connectivity index (χ1n) is 6.39. The van der Waals surface area contributed by atoms with Crippen LogP contribution >= 0.6 is 15.9 Å². The van der Waals surface area contributed by atoms with E-state index in [1.165, 1.54) is 48.6 Å². The first kappa shape index (κ1) is 11.2. The number of fused-ring (bicyclic) bond motifs is 1. The molecule has 0 aliphatic heterocycles. The van der Waals surface area contributed by atoms with Gasteiger partial charge in [0.1, 0.15) is 0 Å². The Balaban J connectivity index is 2.09. The number of rotatable bonds is 1. The van der Waals surface area contributed by atoms with Gasteiger partial charge in [0.2, 0.25) is 0 Å². The Kier molecular flexibility index (Phi) is 3.15. The van der Waals surface area contributed by atoms with E-state index in [1.807, 2.05) is 6.20 Å². The molecule has 88 valence electrons. The van der Waals surface area contributed by atoms with E-state index in [0.717, 1.165) is 4.47 Å². The largest absolute Gasteiger partial charge is 0.260 e. The van der Waals surface area contributed by atoms with Crippen LogP contribution in [0.1, 0.15) is 43.7 Å². The predicted octanol–water partition coefficient (Wildman–Crippen LogP) is 5.05. The smallest absolute Gasteiger partial charge is 0.0512 e. The highest BCUT2D eigenvalue weighted by molar-refractivity contribution is 9.10. The molecule has 1 aromatic heterocycles. The molecule has 0 amide bonds. The molecule has 0 atom stereocenters. The van der Waals surface area contributed by atoms with Crippen LogP contribution in [0.4, 0.5) is 0 Å². The zero-order valence-electron chi connectivity index (χ0n) is 9.82. The van der Waals surface area contributed by atoms with Gasteiger partial charge in [-0.1, -0.05) is 41.3 Å². The molecule has 1 heterocycles. The van der Waals surface area contributed by atoms with Gasteiger partial charge in [0.25, 0.3) is 0 Å². The fraction of sp³-hybridized carbons (Fsp3) is 0.400. The Hall–Kier alpha value is -0.890. The van der Waals surface area contributed by atoms with E-state index < -0.39 is 0 Å². The number of aromatic nitrogens is 1. The molecule has 0 unspecified atom stereocenters. The summed E-state index contributed by atoms with van der Waals surface area (Å²) < 4.78 is 1.14. The van der Waals surface area contributed by atoms with Crippen molar-refractivity contribution >= 4 is 26.7 Å². The summed E-state index contributed by atoms with van der Waals surface area (Å²) in [6.45, 7) is 0. The van der Waals surface area contributed by atoms with Gasteiger partial charge in [0.15, 0.2) is 0 Å². The second-order valence-electron chi connectivity index (χ2n) is 4.90. The molecule has 1 fully saturated rings. The van der Waals surface area contributed by atoms with Crippen LogP contribution in [-0.2, 0) is 0 Å². The van der Waals surface area contributed by atoms with E-state index in [0.29, 0.717) is 5.92 Å². The number of pyridine rings is 1. The van der Waals surface area contributed by atoms with Crippen LogP contribution in [0.5, 0.6) is 0 Å². The van der Waals surface area contributed by atoms with Crippen molar-refractivity contribution in [2.24, 2.45) is 0 Å². The molecule has 0 saturated heterocycles. The van der Waals surface area contributed by atoms with Crippen LogP contribution in [0.15, 0.2) is 34.9 Å². The highest BCUT2D eigenvalue weighted by atomic mass is 79.9. The third-order valence-electron chi connectivity index (χ3n) is 3.75. The molecule has 17 heavy (non-hydrogen) atoms. The van der Waals surface area contributed by atoms with E-state index in [2.05, 4.69) is 45.2 Å². The minimum absolute atomic E-state index is 0.675. The average Bonchev–Trinajstić information content (AvgIpc) is 2.39. The SMILES string of the molecule is Brc1ccc2c(C3CCCCC3)nccc2c1. The summed E-state index contributed by atoms with van der Waals surface area (Å²) in [7, 11) is 0. The van der Waals surface area contributed by atoms with Gasteiger partial charge in [-0.05, 0) is 36.4 Å². The Bertz CT molecular complexity index is 529. The van der Waals surface area contributed by atoms with Crippen molar-refractivity contribution in [3.8, 4) is 0 Å². The van der Waals surface area contributed by atoms with Gasteiger partial charge in [-0.2, -0.15) is 0 Å². The second kappa shape index (κ2) is 4.77. The molecule has 2 aromatic rings. The average molecular weight is 290 g/mol. The fourth-order valence-electron chi connectivity index (χ4n) is 2.87. The molecule has 1 aliphatic rings. The standard InChI is InChI=1S/C15H16BrN/c16-13-6-7-14-12(10-13)8-9-17-15(14)11-4-2-1-3-5-11/h6-11H,1-5H2. The van der Waals surface area contributed by atoms with E-state index >= 15 is 0 Å². The van der Waals surface area contributed by atoms with Crippen molar-refractivity contribution in [2.45, 2.75) is 38.0 Å². The summed E-state index contributed by atoms with van der Waals surface area (Å²) in [5.41, 5.74) is 1.31. The second-order valence-corrected chi connectivity index (χ2v) is 5.81. The van der Waals surface area contributed by atoms with Gasteiger partial charge in [-0.3, -0.25) is 4.98 Å². The van der Waals surface area contributed by atoms with E-state index in [-0.39, 0.29) is 0 Å². The Morgan fingerprint density at radius 2 is 1.88 bits per heavy atom. The number of hydrogen-bond acceptors (Lipinski definition) is 1. The Morgan fingerprint density at radius 3 is 2.71 bits per heavy atom. The zero-order chi connectivity index (χ0) is 11.7. The third kappa shape index (κ3) is 2.23. The molecule has 1 aromatic carbocycles. The fourth-order valence-corrected chi connectivity index (χ4v) is 3.25. The monoisotopic (exact) mass is 289 g/mol. The van der Waals surface area contributed by atoms with Crippen molar-refractivity contribution in [2.75, 3.05) is 0 Å². The topological polar surface area (TPSA) is 12.9 Å². The maximum Gasteiger partial charge on any atom is 0.0512 e. The first-order chi connectivity index (χ1) is 8.34. The predicted molar refractivity (Wildman–Crippen MR) is 75.3 cm³/mol. The summed E-state index contributed by atoms with van der Waals surface area (Å²) in [6.07, 6.45) is 8.69. The minimum atomic E-state index is 0.675. The van der Waals surface area contributed by atoms with Crippen molar-refractivity contribution in [3.63, 3.8) is 0 Å². The molecule has 1 nitrogen and oxygen atoms in total. The first-order valence-corrected chi connectivity index (χ1v) is 7.18. The number of benzene rings is 1. The van der Waals surface area contributed by atoms with Crippen LogP contribution in [0.2, 0.25) is 0 Å². The Morgan fingerprint density at radius 1 is 1.06 bits per heavy atom. The van der Waals surface area contributed by atoms with E-state index in [9.17, 15) is 0 Å². The molecule has 1 aliphatic carbocycles. The number of halogens is 1. The van der Waals surface area contributed by atoms with E-state index in [4.69, 9.17) is 0 Å². The third-order valence-corrected chi connectivity index (χ3v) is 4.24. The zero-order valence-corrected chi connectivity index (χ0v) is 11.4. The normalized spacial score (nSPS) is 17.5. The lowest BCUT2D eigenvalue weighted by Crippen LogP contribution is -2.06. The molecule has 0 bridgehead atoms. The summed E-state index contributed by atoms with van der Waals surface area (Å²) >= 11 is 3.53. The van der Waals surface area contributed by atoms with Gasteiger partial charge >= 0.3 is 0 Å². The lowest BCUT2D eigenvalue weighted by molar-refractivity contribution is 0.439. The molecular weight excluding hydrogens is 274 g/mol. The minimum Gasteiger partial charge on any atom is -0.260 e. The summed E-state index contributed by atoms with van der Waals surface area (Å²) in [6, 6.07) is 8.61. The van der Waals surface area contributed by atoms with Crippen LogP contribution in [-0.4, -0.2) is 4.98 Å². The quantitative estimate of drug-likeness (QED) is 0.716. The van der Waals surface area contributed by atoms with Crippen molar-refractivity contribution in [1.82, 2.24) is 4.98 Å². The van der Waals surface area contributed by atoms with Gasteiger partial charge in [0.05, 0.1) is 5.69 Å². The summed E-state index contributed by atoms with van der Waals surface area (Å²) in [5, 5.41) is 2.64. The summed E-state index contributed by atoms with van der Waals surface area (Å²) in [4.78, 5) is 4.64. The molecule has 2 heteroatoms. The van der Waals surface area contributed by atoms with Gasteiger partial charge in [0, 0.05) is 22.0 Å². The lowest BCUT2D eigenvalue weighted by Gasteiger charge is -2.22. The van der Waals surface area contributed by atoms with Gasteiger partial charge < -0.3 is 0 Å². The van der Waals surface area contributed by atoms with Gasteiger partial charge in [-0.25, -0.2) is 0 Å². The molecule has 3 rings (SSSR count). The van der Waals surface area contributed by atoms with Crippen LogP contribution < -0.4 is 0 Å². The molecule has 0 N–H and O–H groups in total. The van der Waals surface area contributed by atoms with E-state index in [1.54, 1.807) is 0 Å². The summed E-state index contributed by atoms with van der Waals surface area (Å²) in [5.74, 6) is 0.675. The van der Waals surface area contributed by atoms with Crippen molar-refractivity contribution in [1.29, 1.82) is 0 Å². The molecular formula is C15H16BrN. The highest BCUT2D eigenvalue weighted by Crippen LogP contribution is 2.35. The Labute approximate surface area is 110 Å². The van der Waals surface area contributed by atoms with Crippen LogP contribution in [0, 0.1) is 0 Å². The maximum atomic E-state index is 4.64. The van der Waals surface area contributed by atoms with Gasteiger partial charge in [-0.15, -0.1) is 0 Å². The highest BCUT2D eigenvalue weighted by Gasteiger charge is 2.18. The lowest BCUT2D eigenvalue weighted by atomic mass is 9.85. The number of hydrogen-bond donors (Lipinski definition) is 0.